The average molecular weight is 341 g/mol. The Labute approximate surface area is 122 Å². The van der Waals surface area contributed by atoms with Gasteiger partial charge in [-0.3, -0.25) is 5.10 Å². The third-order valence-corrected chi connectivity index (χ3v) is 4.13. The summed E-state index contributed by atoms with van der Waals surface area (Å²) in [4.78, 5) is 2.76. The zero-order valence-corrected chi connectivity index (χ0v) is 11.7. The average Bonchev–Trinajstić information content (AvgIpc) is 2.88. The van der Waals surface area contributed by atoms with E-state index in [9.17, 15) is 21.6 Å². The van der Waals surface area contributed by atoms with E-state index < -0.39 is 26.7 Å². The number of nitrogens with one attached hydrogen (secondary N) is 2. The molecule has 0 amide bonds. The van der Waals surface area contributed by atoms with Crippen LogP contribution >= 0.6 is 11.6 Å². The van der Waals surface area contributed by atoms with Gasteiger partial charge in [0.2, 0.25) is 10.0 Å². The maximum Gasteiger partial charge on any atom is 0.417 e. The van der Waals surface area contributed by atoms with E-state index in [-0.39, 0.29) is 17.4 Å². The van der Waals surface area contributed by atoms with E-state index >= 15 is 0 Å². The van der Waals surface area contributed by atoms with Crippen LogP contribution in [0.4, 0.5) is 13.2 Å². The smallest absolute Gasteiger partial charge is 0.262 e. The Bertz CT molecular complexity index is 731. The van der Waals surface area contributed by atoms with Gasteiger partial charge in [0.25, 0.3) is 0 Å². The van der Waals surface area contributed by atoms with Crippen molar-refractivity contribution in [2.45, 2.75) is 17.6 Å². The van der Waals surface area contributed by atoms with Crippen molar-refractivity contribution < 1.29 is 21.6 Å². The topological polar surface area (TPSA) is 87.7 Å². The summed E-state index contributed by atoms with van der Waals surface area (Å²) >= 11 is 5.49. The van der Waals surface area contributed by atoms with Crippen LogP contribution in [0, 0.1) is 0 Å². The van der Waals surface area contributed by atoms with Crippen LogP contribution in [0.3, 0.4) is 0 Å². The molecule has 0 bridgehead atoms. The highest BCUT2D eigenvalue weighted by Crippen LogP contribution is 2.35. The fourth-order valence-electron chi connectivity index (χ4n) is 1.52. The van der Waals surface area contributed by atoms with Gasteiger partial charge in [-0.1, -0.05) is 11.6 Å². The fraction of sp³-hybridized carbons (Fsp3) is 0.200. The Morgan fingerprint density at radius 1 is 1.33 bits per heavy atom. The first kappa shape index (κ1) is 15.7. The highest BCUT2D eigenvalue weighted by Gasteiger charge is 2.37. The van der Waals surface area contributed by atoms with Crippen molar-refractivity contribution in [3.8, 4) is 0 Å². The number of benzene rings is 1. The predicted molar refractivity (Wildman–Crippen MR) is 66.9 cm³/mol. The SMILES string of the molecule is O=S(=O)(NCc1ncn[nH]1)c1ccc(Cl)cc1C(F)(F)F. The van der Waals surface area contributed by atoms with Gasteiger partial charge in [0.15, 0.2) is 0 Å². The van der Waals surface area contributed by atoms with Gasteiger partial charge in [0, 0.05) is 5.02 Å². The second-order valence-corrected chi connectivity index (χ2v) is 6.07. The number of halogens is 4. The Kier molecular flexibility index (Phi) is 4.21. The molecule has 1 aromatic heterocycles. The Hall–Kier alpha value is -1.65. The van der Waals surface area contributed by atoms with Crippen LogP contribution in [-0.4, -0.2) is 23.6 Å². The summed E-state index contributed by atoms with van der Waals surface area (Å²) in [5.74, 6) is 0.168. The van der Waals surface area contributed by atoms with Gasteiger partial charge >= 0.3 is 6.18 Å². The van der Waals surface area contributed by atoms with Crippen LogP contribution in [0.1, 0.15) is 11.4 Å². The molecule has 11 heteroatoms. The summed E-state index contributed by atoms with van der Waals surface area (Å²) in [5.41, 5.74) is -1.33. The number of aromatic nitrogens is 3. The minimum Gasteiger partial charge on any atom is -0.262 e. The molecular formula is C10H8ClF3N4O2S. The van der Waals surface area contributed by atoms with Crippen LogP contribution < -0.4 is 4.72 Å². The monoisotopic (exact) mass is 340 g/mol. The summed E-state index contributed by atoms with van der Waals surface area (Å²) in [5, 5.41) is 5.67. The van der Waals surface area contributed by atoms with E-state index in [0.717, 1.165) is 18.5 Å². The van der Waals surface area contributed by atoms with Crippen molar-refractivity contribution in [1.82, 2.24) is 19.9 Å². The van der Waals surface area contributed by atoms with Gasteiger partial charge in [-0.25, -0.2) is 18.1 Å². The van der Waals surface area contributed by atoms with Crippen LogP contribution in [-0.2, 0) is 22.7 Å². The van der Waals surface area contributed by atoms with Crippen LogP contribution in [0.15, 0.2) is 29.4 Å². The second kappa shape index (κ2) is 5.62. The number of H-pyrrole nitrogens is 1. The van der Waals surface area contributed by atoms with Crippen molar-refractivity contribution in [2.24, 2.45) is 0 Å². The minimum absolute atomic E-state index is 0.168. The van der Waals surface area contributed by atoms with Gasteiger partial charge in [-0.2, -0.15) is 18.3 Å². The van der Waals surface area contributed by atoms with E-state index in [1.54, 1.807) is 0 Å². The maximum atomic E-state index is 12.9. The molecule has 0 atom stereocenters. The Balaban J connectivity index is 2.36. The lowest BCUT2D eigenvalue weighted by Crippen LogP contribution is -2.26. The van der Waals surface area contributed by atoms with Gasteiger partial charge < -0.3 is 0 Å². The lowest BCUT2D eigenvalue weighted by atomic mass is 10.2. The van der Waals surface area contributed by atoms with E-state index in [0.29, 0.717) is 6.07 Å². The third-order valence-electron chi connectivity index (χ3n) is 2.43. The summed E-state index contributed by atoms with van der Waals surface area (Å²) in [6, 6.07) is 2.43. The first-order chi connectivity index (χ1) is 9.70. The van der Waals surface area contributed by atoms with Crippen LogP contribution in [0.25, 0.3) is 0 Å². The molecule has 2 N–H and O–H groups in total. The third kappa shape index (κ3) is 3.71. The predicted octanol–water partition coefficient (Wildman–Crippen LogP) is 1.96. The standard InChI is InChI=1S/C10H8ClF3N4O2S/c11-6-1-2-8(7(3-6)10(12,13)14)21(19,20)17-4-9-15-5-16-18-9/h1-3,5,17H,4H2,(H,15,16,18). The molecule has 0 unspecified atom stereocenters. The van der Waals surface area contributed by atoms with E-state index in [2.05, 4.69) is 15.2 Å². The number of sulfonamides is 1. The van der Waals surface area contributed by atoms with E-state index in [1.807, 2.05) is 4.72 Å². The lowest BCUT2D eigenvalue weighted by Gasteiger charge is -2.13. The Morgan fingerprint density at radius 2 is 2.05 bits per heavy atom. The van der Waals surface area contributed by atoms with Crippen molar-refractivity contribution in [3.63, 3.8) is 0 Å². The van der Waals surface area contributed by atoms with Crippen molar-refractivity contribution in [2.75, 3.05) is 0 Å². The molecule has 0 aliphatic heterocycles. The number of hydrogen-bond acceptors (Lipinski definition) is 4. The fourth-order valence-corrected chi connectivity index (χ4v) is 2.88. The van der Waals surface area contributed by atoms with Crippen LogP contribution in [0.5, 0.6) is 0 Å². The molecule has 0 spiro atoms. The number of alkyl halides is 3. The molecule has 2 aromatic rings. The van der Waals surface area contributed by atoms with Gasteiger partial charge in [-0.15, -0.1) is 0 Å². The molecule has 0 saturated carbocycles. The molecule has 0 saturated heterocycles. The highest BCUT2D eigenvalue weighted by molar-refractivity contribution is 7.89. The van der Waals surface area contributed by atoms with Gasteiger partial charge in [0.1, 0.15) is 12.2 Å². The molecule has 1 heterocycles. The van der Waals surface area contributed by atoms with E-state index in [4.69, 9.17) is 11.6 Å². The summed E-state index contributed by atoms with van der Waals surface area (Å²) in [6.07, 6.45) is -3.70. The lowest BCUT2D eigenvalue weighted by molar-refractivity contribution is -0.139. The molecule has 2 rings (SSSR count). The molecular weight excluding hydrogens is 333 g/mol. The van der Waals surface area contributed by atoms with Gasteiger partial charge in [-0.05, 0) is 18.2 Å². The molecule has 21 heavy (non-hydrogen) atoms. The number of aromatic amines is 1. The molecule has 1 aromatic carbocycles. The first-order valence-corrected chi connectivity index (χ1v) is 7.27. The Morgan fingerprint density at radius 3 is 2.62 bits per heavy atom. The molecule has 0 radical (unpaired) electrons. The van der Waals surface area contributed by atoms with Crippen molar-refractivity contribution in [3.05, 3.63) is 40.9 Å². The molecule has 0 aliphatic carbocycles. The zero-order valence-electron chi connectivity index (χ0n) is 10.1. The van der Waals surface area contributed by atoms with Crippen molar-refractivity contribution in [1.29, 1.82) is 0 Å². The normalized spacial score (nSPS) is 12.6. The summed E-state index contributed by atoms with van der Waals surface area (Å²) < 4.78 is 64.7. The van der Waals surface area contributed by atoms with Crippen LogP contribution in [0.2, 0.25) is 5.02 Å². The summed E-state index contributed by atoms with van der Waals surface area (Å²) in [6.45, 7) is -0.317. The minimum atomic E-state index is -4.85. The quantitative estimate of drug-likeness (QED) is 0.890. The zero-order chi connectivity index (χ0) is 15.7. The molecule has 0 fully saturated rings. The number of hydrogen-bond donors (Lipinski definition) is 2. The number of rotatable bonds is 4. The van der Waals surface area contributed by atoms with Crippen molar-refractivity contribution >= 4 is 21.6 Å². The van der Waals surface area contributed by atoms with Gasteiger partial charge in [0.05, 0.1) is 17.0 Å². The van der Waals surface area contributed by atoms with E-state index in [1.165, 1.54) is 0 Å². The molecule has 114 valence electrons. The highest BCUT2D eigenvalue weighted by atomic mass is 35.5. The summed E-state index contributed by atoms with van der Waals surface area (Å²) in [7, 11) is -4.38. The first-order valence-electron chi connectivity index (χ1n) is 5.41. The molecule has 0 aliphatic rings. The largest absolute Gasteiger partial charge is 0.417 e. The number of nitrogens with zero attached hydrogens (tertiary/aromatic N) is 2. The molecule has 6 nitrogen and oxygen atoms in total. The maximum absolute atomic E-state index is 12.9. The second-order valence-electron chi connectivity index (χ2n) is 3.89.